The van der Waals surface area contributed by atoms with Crippen molar-refractivity contribution in [2.75, 3.05) is 24.4 Å². The highest BCUT2D eigenvalue weighted by Crippen LogP contribution is 2.34. The highest BCUT2D eigenvalue weighted by molar-refractivity contribution is 8.00. The summed E-state index contributed by atoms with van der Waals surface area (Å²) in [6.07, 6.45) is 0. The quantitative estimate of drug-likeness (QED) is 0.845. The van der Waals surface area contributed by atoms with Gasteiger partial charge in [0.05, 0.1) is 5.75 Å². The lowest BCUT2D eigenvalue weighted by Crippen LogP contribution is -2.19. The first-order valence-corrected chi connectivity index (χ1v) is 6.75. The molecule has 1 unspecified atom stereocenters. The molecule has 1 aliphatic rings. The molecule has 0 aromatic heterocycles. The molecule has 0 fully saturated rings. The van der Waals surface area contributed by atoms with Crippen LogP contribution in [0.5, 0.6) is 11.5 Å². The van der Waals surface area contributed by atoms with Gasteiger partial charge in [0.15, 0.2) is 11.5 Å². The van der Waals surface area contributed by atoms with Crippen LogP contribution in [-0.2, 0) is 4.79 Å². The van der Waals surface area contributed by atoms with Crippen molar-refractivity contribution in [1.82, 2.24) is 0 Å². The Hall–Kier alpha value is -1.40. The average Bonchev–Trinajstić information content (AvgIpc) is 2.83. The van der Waals surface area contributed by atoms with Crippen LogP contribution in [0.1, 0.15) is 6.92 Å². The summed E-state index contributed by atoms with van der Waals surface area (Å²) in [5.41, 5.74) is 6.20. The van der Waals surface area contributed by atoms with Gasteiger partial charge in [0.2, 0.25) is 12.7 Å². The van der Waals surface area contributed by atoms with Gasteiger partial charge in [0.25, 0.3) is 0 Å². The fourth-order valence-electron chi connectivity index (χ4n) is 1.46. The number of hydrogen-bond acceptors (Lipinski definition) is 5. The van der Waals surface area contributed by atoms with E-state index in [1.807, 2.05) is 6.92 Å². The van der Waals surface area contributed by atoms with Crippen LogP contribution in [0.25, 0.3) is 0 Å². The zero-order valence-electron chi connectivity index (χ0n) is 10.1. The summed E-state index contributed by atoms with van der Waals surface area (Å²) in [6.45, 7) is 2.80. The molecule has 1 aromatic carbocycles. The Labute approximate surface area is 110 Å². The van der Waals surface area contributed by atoms with Crippen molar-refractivity contribution >= 4 is 23.4 Å². The minimum Gasteiger partial charge on any atom is -0.454 e. The summed E-state index contributed by atoms with van der Waals surface area (Å²) in [5, 5.41) is 3.10. The summed E-state index contributed by atoms with van der Waals surface area (Å²) in [5.74, 6) is 1.72. The number of nitrogens with two attached hydrogens (primary N) is 1. The number of hydrogen-bond donors (Lipinski definition) is 2. The Bertz CT molecular complexity index is 439. The fourth-order valence-corrected chi connectivity index (χ4v) is 2.10. The van der Waals surface area contributed by atoms with E-state index in [1.165, 1.54) is 11.8 Å². The number of anilines is 1. The topological polar surface area (TPSA) is 73.6 Å². The molecule has 18 heavy (non-hydrogen) atoms. The molecule has 1 heterocycles. The smallest absolute Gasteiger partial charge is 0.234 e. The largest absolute Gasteiger partial charge is 0.454 e. The number of rotatable bonds is 5. The first-order chi connectivity index (χ1) is 8.69. The molecule has 0 spiro atoms. The Kier molecular flexibility index (Phi) is 4.33. The number of fused-ring (bicyclic) bond motifs is 1. The fraction of sp³-hybridized carbons (Fsp3) is 0.417. The summed E-state index contributed by atoms with van der Waals surface area (Å²) in [6, 6.07) is 5.34. The third-order valence-electron chi connectivity index (χ3n) is 2.49. The molecule has 2 rings (SSSR count). The van der Waals surface area contributed by atoms with Crippen molar-refractivity contribution in [2.45, 2.75) is 12.2 Å². The van der Waals surface area contributed by atoms with Crippen molar-refractivity contribution in [2.24, 2.45) is 5.73 Å². The SMILES string of the molecule is CC(CN)SCC(=O)Nc1ccc2c(c1)OCO2. The third kappa shape index (κ3) is 3.30. The highest BCUT2D eigenvalue weighted by Gasteiger charge is 2.14. The zero-order valence-corrected chi connectivity index (χ0v) is 11.0. The molecule has 6 heteroatoms. The third-order valence-corrected chi connectivity index (χ3v) is 3.68. The van der Waals surface area contributed by atoms with Crippen molar-refractivity contribution in [1.29, 1.82) is 0 Å². The Balaban J connectivity index is 1.87. The Morgan fingerprint density at radius 3 is 3.06 bits per heavy atom. The van der Waals surface area contributed by atoms with E-state index in [0.29, 0.717) is 29.5 Å². The van der Waals surface area contributed by atoms with Gasteiger partial charge in [-0.05, 0) is 12.1 Å². The van der Waals surface area contributed by atoms with Crippen LogP contribution in [0, 0.1) is 0 Å². The van der Waals surface area contributed by atoms with Gasteiger partial charge in [-0.2, -0.15) is 0 Å². The number of benzene rings is 1. The Morgan fingerprint density at radius 1 is 1.50 bits per heavy atom. The summed E-state index contributed by atoms with van der Waals surface area (Å²) in [4.78, 5) is 11.7. The predicted molar refractivity (Wildman–Crippen MR) is 72.2 cm³/mol. The minimum atomic E-state index is -0.0424. The maximum atomic E-state index is 11.7. The second-order valence-electron chi connectivity index (χ2n) is 3.97. The second-order valence-corrected chi connectivity index (χ2v) is 5.40. The monoisotopic (exact) mass is 268 g/mol. The maximum Gasteiger partial charge on any atom is 0.234 e. The Morgan fingerprint density at radius 2 is 2.28 bits per heavy atom. The molecule has 1 aliphatic heterocycles. The average molecular weight is 268 g/mol. The van der Waals surface area contributed by atoms with Gasteiger partial charge >= 0.3 is 0 Å². The van der Waals surface area contributed by atoms with E-state index in [2.05, 4.69) is 5.32 Å². The van der Waals surface area contributed by atoms with Crippen LogP contribution in [0.2, 0.25) is 0 Å². The molecule has 0 aliphatic carbocycles. The summed E-state index contributed by atoms with van der Waals surface area (Å²) >= 11 is 1.54. The number of carbonyl (C=O) groups excluding carboxylic acids is 1. The van der Waals surface area contributed by atoms with E-state index in [0.717, 1.165) is 0 Å². The molecule has 0 saturated carbocycles. The number of carbonyl (C=O) groups is 1. The molecule has 0 bridgehead atoms. The van der Waals surface area contributed by atoms with Crippen molar-refractivity contribution < 1.29 is 14.3 Å². The molecule has 0 radical (unpaired) electrons. The number of amides is 1. The van der Waals surface area contributed by atoms with Gasteiger partial charge in [-0.1, -0.05) is 6.92 Å². The van der Waals surface area contributed by atoms with Gasteiger partial charge in [-0.25, -0.2) is 0 Å². The van der Waals surface area contributed by atoms with E-state index < -0.39 is 0 Å². The van der Waals surface area contributed by atoms with Crippen LogP contribution in [-0.4, -0.2) is 30.2 Å². The molecule has 1 aromatic rings. The van der Waals surface area contributed by atoms with E-state index in [-0.39, 0.29) is 18.0 Å². The molecular weight excluding hydrogens is 252 g/mol. The van der Waals surface area contributed by atoms with Gasteiger partial charge in [0, 0.05) is 23.5 Å². The van der Waals surface area contributed by atoms with Crippen LogP contribution in [0.3, 0.4) is 0 Å². The number of nitrogens with one attached hydrogen (secondary N) is 1. The molecule has 3 N–H and O–H groups in total. The normalized spacial score (nSPS) is 14.3. The summed E-state index contributed by atoms with van der Waals surface area (Å²) in [7, 11) is 0. The van der Waals surface area contributed by atoms with Crippen LogP contribution >= 0.6 is 11.8 Å². The lowest BCUT2D eigenvalue weighted by atomic mass is 10.3. The van der Waals surface area contributed by atoms with Gasteiger partial charge in [-0.3, -0.25) is 4.79 Å². The molecule has 0 saturated heterocycles. The van der Waals surface area contributed by atoms with Gasteiger partial charge in [0.1, 0.15) is 0 Å². The minimum absolute atomic E-state index is 0.0424. The van der Waals surface area contributed by atoms with Crippen molar-refractivity contribution in [3.63, 3.8) is 0 Å². The lowest BCUT2D eigenvalue weighted by Gasteiger charge is -2.09. The second kappa shape index (κ2) is 5.97. The molecule has 1 atom stereocenters. The van der Waals surface area contributed by atoms with E-state index >= 15 is 0 Å². The van der Waals surface area contributed by atoms with E-state index in [9.17, 15) is 4.79 Å². The van der Waals surface area contributed by atoms with Crippen LogP contribution in [0.15, 0.2) is 18.2 Å². The molecule has 98 valence electrons. The van der Waals surface area contributed by atoms with Crippen LogP contribution in [0.4, 0.5) is 5.69 Å². The van der Waals surface area contributed by atoms with Crippen molar-refractivity contribution in [3.8, 4) is 11.5 Å². The number of ether oxygens (including phenoxy) is 2. The molecular formula is C12H16N2O3S. The number of thioether (sulfide) groups is 1. The molecule has 5 nitrogen and oxygen atoms in total. The van der Waals surface area contributed by atoms with E-state index in [4.69, 9.17) is 15.2 Å². The van der Waals surface area contributed by atoms with Crippen molar-refractivity contribution in [3.05, 3.63) is 18.2 Å². The van der Waals surface area contributed by atoms with Gasteiger partial charge < -0.3 is 20.5 Å². The molecule has 1 amide bonds. The first kappa shape index (κ1) is 13.0. The van der Waals surface area contributed by atoms with Gasteiger partial charge in [-0.15, -0.1) is 11.8 Å². The highest BCUT2D eigenvalue weighted by atomic mass is 32.2. The first-order valence-electron chi connectivity index (χ1n) is 5.70. The van der Waals surface area contributed by atoms with E-state index in [1.54, 1.807) is 18.2 Å². The summed E-state index contributed by atoms with van der Waals surface area (Å²) < 4.78 is 10.4. The zero-order chi connectivity index (χ0) is 13.0. The predicted octanol–water partition coefficient (Wildman–Crippen LogP) is 1.43. The maximum absolute atomic E-state index is 11.7. The lowest BCUT2D eigenvalue weighted by molar-refractivity contribution is -0.113. The van der Waals surface area contributed by atoms with Crippen LogP contribution < -0.4 is 20.5 Å². The standard InChI is InChI=1S/C12H16N2O3S/c1-8(5-13)18-6-12(15)14-9-2-3-10-11(4-9)17-7-16-10/h2-4,8H,5-7,13H2,1H3,(H,14,15).